The number of thiazole rings is 1. The average Bonchev–Trinajstić information content (AvgIpc) is 3.35. The van der Waals surface area contributed by atoms with Gasteiger partial charge in [0.05, 0.1) is 5.69 Å². The number of rotatable bonds is 5. The highest BCUT2D eigenvalue weighted by molar-refractivity contribution is 7.14. The second kappa shape index (κ2) is 7.57. The van der Waals surface area contributed by atoms with Crippen LogP contribution in [0.5, 0.6) is 5.75 Å². The van der Waals surface area contributed by atoms with E-state index in [0.717, 1.165) is 27.4 Å². The summed E-state index contributed by atoms with van der Waals surface area (Å²) < 4.78 is 5.59. The highest BCUT2D eigenvalue weighted by atomic mass is 32.1. The van der Waals surface area contributed by atoms with Gasteiger partial charge in [0.25, 0.3) is 0 Å². The van der Waals surface area contributed by atoms with Crippen LogP contribution in [-0.4, -0.2) is 27.4 Å². The second-order valence-corrected chi connectivity index (χ2v) is 8.96. The van der Waals surface area contributed by atoms with Crippen LogP contribution in [0.25, 0.3) is 16.6 Å². The van der Waals surface area contributed by atoms with E-state index in [9.17, 15) is 14.7 Å². The van der Waals surface area contributed by atoms with Gasteiger partial charge in [0.15, 0.2) is 11.4 Å². The highest BCUT2D eigenvalue weighted by Gasteiger charge is 2.30. The molecule has 0 atom stereocenters. The molecule has 0 unspecified atom stereocenters. The van der Waals surface area contributed by atoms with Gasteiger partial charge in [0, 0.05) is 27.5 Å². The van der Waals surface area contributed by atoms with Crippen molar-refractivity contribution in [3.05, 3.63) is 62.8 Å². The zero-order valence-electron chi connectivity index (χ0n) is 16.0. The molecule has 1 aliphatic rings. The van der Waals surface area contributed by atoms with Crippen molar-refractivity contribution in [2.75, 3.05) is 0 Å². The number of aliphatic carboxylic acids is 1. The standard InChI is InChI=1S/C22H19NO4S2/c1-22(2,21(25)26)27-17-5-6-18-13(10-17)3-4-14(19(18)24)9-16-12-29-20(23-16)15-7-8-28-11-15/h5-12H,3-4H2,1-2H3,(H,25,26). The summed E-state index contributed by atoms with van der Waals surface area (Å²) >= 11 is 3.20. The Labute approximate surface area is 176 Å². The molecule has 148 valence electrons. The Kier molecular flexibility index (Phi) is 5.10. The number of ketones is 1. The van der Waals surface area contributed by atoms with Gasteiger partial charge in [-0.2, -0.15) is 11.3 Å². The number of aromatic nitrogens is 1. The molecule has 0 saturated heterocycles. The number of allylic oxidation sites excluding steroid dienone is 1. The maximum Gasteiger partial charge on any atom is 0.347 e. The summed E-state index contributed by atoms with van der Waals surface area (Å²) in [5.41, 5.74) is 2.81. The number of carbonyl (C=O) groups excluding carboxylic acids is 1. The number of carboxylic acids is 1. The molecule has 1 aromatic carbocycles. The Morgan fingerprint density at radius 2 is 2.07 bits per heavy atom. The lowest BCUT2D eigenvalue weighted by molar-refractivity contribution is -0.152. The van der Waals surface area contributed by atoms with Crippen LogP contribution < -0.4 is 4.74 Å². The predicted molar refractivity (Wildman–Crippen MR) is 115 cm³/mol. The van der Waals surface area contributed by atoms with Crippen LogP contribution in [0.1, 0.15) is 41.9 Å². The van der Waals surface area contributed by atoms with Crippen LogP contribution in [-0.2, 0) is 11.2 Å². The fourth-order valence-corrected chi connectivity index (χ4v) is 4.63. The van der Waals surface area contributed by atoms with E-state index in [2.05, 4.69) is 10.4 Å². The molecule has 2 aromatic heterocycles. The predicted octanol–water partition coefficient (Wildman–Crippen LogP) is 5.33. The summed E-state index contributed by atoms with van der Waals surface area (Å²) in [7, 11) is 0. The fraction of sp³-hybridized carbons (Fsp3) is 0.227. The first-order valence-corrected chi connectivity index (χ1v) is 10.9. The van der Waals surface area contributed by atoms with Gasteiger partial charge in [-0.25, -0.2) is 9.78 Å². The first-order chi connectivity index (χ1) is 13.8. The molecule has 5 nitrogen and oxygen atoms in total. The van der Waals surface area contributed by atoms with Gasteiger partial charge in [-0.15, -0.1) is 11.3 Å². The van der Waals surface area contributed by atoms with Gasteiger partial charge in [-0.3, -0.25) is 4.79 Å². The summed E-state index contributed by atoms with van der Waals surface area (Å²) in [6.45, 7) is 3.00. The Morgan fingerprint density at radius 1 is 1.24 bits per heavy atom. The summed E-state index contributed by atoms with van der Waals surface area (Å²) in [4.78, 5) is 28.8. The van der Waals surface area contributed by atoms with Crippen LogP contribution in [0.3, 0.4) is 0 Å². The smallest absolute Gasteiger partial charge is 0.347 e. The quantitative estimate of drug-likeness (QED) is 0.560. The monoisotopic (exact) mass is 425 g/mol. The number of Topliss-reactive ketones (excluding diaryl/α,β-unsaturated/α-hetero) is 1. The van der Waals surface area contributed by atoms with Crippen LogP contribution in [0.2, 0.25) is 0 Å². The van der Waals surface area contributed by atoms with Gasteiger partial charge in [0.2, 0.25) is 0 Å². The number of aryl methyl sites for hydroxylation is 1. The molecule has 0 aliphatic heterocycles. The number of hydrogen-bond donors (Lipinski definition) is 1. The van der Waals surface area contributed by atoms with E-state index < -0.39 is 11.6 Å². The molecule has 0 fully saturated rings. The Hall–Kier alpha value is -2.77. The van der Waals surface area contributed by atoms with Crippen molar-refractivity contribution in [3.63, 3.8) is 0 Å². The number of ether oxygens (including phenoxy) is 1. The van der Waals surface area contributed by atoms with E-state index in [-0.39, 0.29) is 5.78 Å². The van der Waals surface area contributed by atoms with Crippen LogP contribution in [0.4, 0.5) is 0 Å². The molecule has 1 aliphatic carbocycles. The molecular formula is C22H19NO4S2. The Morgan fingerprint density at radius 3 is 2.79 bits per heavy atom. The maximum absolute atomic E-state index is 12.9. The molecular weight excluding hydrogens is 406 g/mol. The molecule has 4 rings (SSSR count). The van der Waals surface area contributed by atoms with E-state index in [0.29, 0.717) is 24.2 Å². The summed E-state index contributed by atoms with van der Waals surface area (Å²) in [5.74, 6) is -0.599. The van der Waals surface area contributed by atoms with Crippen LogP contribution in [0.15, 0.2) is 46.0 Å². The zero-order valence-corrected chi connectivity index (χ0v) is 17.6. The van der Waals surface area contributed by atoms with Crippen molar-refractivity contribution in [1.82, 2.24) is 4.98 Å². The minimum Gasteiger partial charge on any atom is -0.478 e. The van der Waals surface area contributed by atoms with Crippen molar-refractivity contribution in [2.24, 2.45) is 0 Å². The van der Waals surface area contributed by atoms with E-state index in [1.165, 1.54) is 13.8 Å². The van der Waals surface area contributed by atoms with E-state index in [1.807, 2.05) is 22.9 Å². The number of fused-ring (bicyclic) bond motifs is 1. The molecule has 2 heterocycles. The van der Waals surface area contributed by atoms with Gasteiger partial charge >= 0.3 is 5.97 Å². The number of benzene rings is 1. The fourth-order valence-electron chi connectivity index (χ4n) is 3.14. The topological polar surface area (TPSA) is 76.5 Å². The van der Waals surface area contributed by atoms with Crippen molar-refractivity contribution < 1.29 is 19.4 Å². The average molecular weight is 426 g/mol. The minimum absolute atomic E-state index is 0.0135. The lowest BCUT2D eigenvalue weighted by Gasteiger charge is -2.23. The SMILES string of the molecule is CC(C)(Oc1ccc2c(c1)CCC(=Cc1csc(-c3ccsc3)n1)C2=O)C(=O)O. The van der Waals surface area contributed by atoms with Crippen molar-refractivity contribution in [1.29, 1.82) is 0 Å². The third-order valence-corrected chi connectivity index (χ3v) is 6.37. The number of hydrogen-bond acceptors (Lipinski definition) is 6. The highest BCUT2D eigenvalue weighted by Crippen LogP contribution is 2.32. The molecule has 29 heavy (non-hydrogen) atoms. The van der Waals surface area contributed by atoms with E-state index in [4.69, 9.17) is 4.74 Å². The largest absolute Gasteiger partial charge is 0.478 e. The lowest BCUT2D eigenvalue weighted by Crippen LogP contribution is -2.37. The van der Waals surface area contributed by atoms with Crippen molar-refractivity contribution in [2.45, 2.75) is 32.3 Å². The maximum atomic E-state index is 12.9. The zero-order chi connectivity index (χ0) is 20.6. The second-order valence-electron chi connectivity index (χ2n) is 7.32. The van der Waals surface area contributed by atoms with Crippen LogP contribution in [0, 0.1) is 0 Å². The molecule has 0 saturated carbocycles. The number of carbonyl (C=O) groups is 2. The molecule has 3 aromatic rings. The lowest BCUT2D eigenvalue weighted by atomic mass is 9.86. The number of nitrogens with zero attached hydrogens (tertiary/aromatic N) is 1. The Balaban J connectivity index is 1.56. The van der Waals surface area contributed by atoms with Gasteiger partial charge in [0.1, 0.15) is 10.8 Å². The first-order valence-electron chi connectivity index (χ1n) is 9.12. The summed E-state index contributed by atoms with van der Waals surface area (Å²) in [5, 5.41) is 16.2. The van der Waals surface area contributed by atoms with E-state index in [1.54, 1.807) is 40.9 Å². The molecule has 0 spiro atoms. The van der Waals surface area contributed by atoms with Gasteiger partial charge in [-0.05, 0) is 68.0 Å². The third kappa shape index (κ3) is 4.02. The van der Waals surface area contributed by atoms with Gasteiger partial charge in [-0.1, -0.05) is 0 Å². The first kappa shape index (κ1) is 19.5. The van der Waals surface area contributed by atoms with E-state index >= 15 is 0 Å². The van der Waals surface area contributed by atoms with Gasteiger partial charge < -0.3 is 9.84 Å². The normalized spacial score (nSPS) is 15.4. The van der Waals surface area contributed by atoms with Crippen LogP contribution >= 0.6 is 22.7 Å². The molecule has 1 N–H and O–H groups in total. The molecule has 0 bridgehead atoms. The Bertz CT molecular complexity index is 1110. The molecule has 0 radical (unpaired) electrons. The number of thiophene rings is 1. The number of carboxylic acid groups (broad SMARTS) is 1. The third-order valence-electron chi connectivity index (χ3n) is 4.78. The minimum atomic E-state index is -1.33. The molecule has 7 heteroatoms. The van der Waals surface area contributed by atoms with Crippen molar-refractivity contribution >= 4 is 40.5 Å². The van der Waals surface area contributed by atoms with Crippen molar-refractivity contribution in [3.8, 4) is 16.3 Å². The summed E-state index contributed by atoms with van der Waals surface area (Å²) in [6, 6.07) is 7.18. The summed E-state index contributed by atoms with van der Waals surface area (Å²) in [6.07, 6.45) is 3.18. The molecule has 0 amide bonds.